The van der Waals surface area contributed by atoms with E-state index in [1.807, 2.05) is 6.92 Å². The van der Waals surface area contributed by atoms with Crippen LogP contribution in [0, 0.1) is 0 Å². The lowest BCUT2D eigenvalue weighted by atomic mass is 10.1. The Balaban J connectivity index is 2.58. The highest BCUT2D eigenvalue weighted by atomic mass is 28.2. The van der Waals surface area contributed by atoms with Crippen LogP contribution in [-0.2, 0) is 9.47 Å². The van der Waals surface area contributed by atoms with Gasteiger partial charge in [-0.05, 0) is 25.3 Å². The van der Waals surface area contributed by atoms with Crippen LogP contribution in [0.25, 0.3) is 5.57 Å². The monoisotopic (exact) mass is 278 g/mol. The van der Waals surface area contributed by atoms with E-state index in [0.717, 1.165) is 31.6 Å². The van der Waals surface area contributed by atoms with Crippen molar-refractivity contribution in [1.29, 1.82) is 0 Å². The van der Waals surface area contributed by atoms with Gasteiger partial charge in [0.1, 0.15) is 15.4 Å². The van der Waals surface area contributed by atoms with Gasteiger partial charge in [0.05, 0.1) is 0 Å². The molecule has 0 aliphatic heterocycles. The van der Waals surface area contributed by atoms with Crippen LogP contribution < -0.4 is 5.19 Å². The third-order valence-electron chi connectivity index (χ3n) is 2.86. The Morgan fingerprint density at radius 2 is 1.63 bits per heavy atom. The minimum Gasteiger partial charge on any atom is -0.357 e. The normalized spacial score (nSPS) is 11.6. The Kier molecular flexibility index (Phi) is 7.71. The molecular formula is C16H26O2Si. The van der Waals surface area contributed by atoms with E-state index in [4.69, 9.17) is 9.47 Å². The Labute approximate surface area is 119 Å². The summed E-state index contributed by atoms with van der Waals surface area (Å²) in [6, 6.07) is 8.66. The van der Waals surface area contributed by atoms with Crippen molar-refractivity contribution in [2.24, 2.45) is 0 Å². The highest BCUT2D eigenvalue weighted by molar-refractivity contribution is 6.54. The lowest BCUT2D eigenvalue weighted by molar-refractivity contribution is -0.0894. The molecule has 3 heteroatoms. The summed E-state index contributed by atoms with van der Waals surface area (Å²) in [5.41, 5.74) is 2.31. The van der Waals surface area contributed by atoms with Crippen molar-refractivity contribution in [2.45, 2.75) is 39.5 Å². The van der Waals surface area contributed by atoms with Gasteiger partial charge in [-0.15, -0.1) is 0 Å². The molecule has 2 nitrogen and oxygen atoms in total. The van der Waals surface area contributed by atoms with Gasteiger partial charge in [-0.2, -0.15) is 0 Å². The Bertz CT molecular complexity index is 365. The summed E-state index contributed by atoms with van der Waals surface area (Å²) in [7, 11) is -0.553. The van der Waals surface area contributed by atoms with Gasteiger partial charge in [-0.3, -0.25) is 0 Å². The van der Waals surface area contributed by atoms with Crippen LogP contribution >= 0.6 is 0 Å². The molecule has 0 amide bonds. The first kappa shape index (κ1) is 16.2. The lowest BCUT2D eigenvalue weighted by Gasteiger charge is -2.18. The third kappa shape index (κ3) is 6.19. The zero-order valence-corrected chi connectivity index (χ0v) is 13.9. The predicted octanol–water partition coefficient (Wildman–Crippen LogP) is 2.65. The summed E-state index contributed by atoms with van der Waals surface area (Å²) in [5, 5.41) is 1.38. The van der Waals surface area contributed by atoms with Crippen LogP contribution in [-0.4, -0.2) is 28.6 Å². The van der Waals surface area contributed by atoms with Crippen LogP contribution in [0.4, 0.5) is 0 Å². The van der Waals surface area contributed by atoms with Gasteiger partial charge >= 0.3 is 0 Å². The SMILES string of the molecule is C=C(C)c1ccc([SiH2]C(OCCC)OCCC)cc1. The molecule has 0 radical (unpaired) electrons. The number of ether oxygens (including phenoxy) is 2. The standard InChI is InChI=1S/C16H26O2Si/c1-5-11-17-16(18-12-6-2)19-15-9-7-14(8-10-15)13(3)4/h7-10,16H,3,5-6,11-12,19H2,1-2,4H3. The van der Waals surface area contributed by atoms with E-state index >= 15 is 0 Å². The average Bonchev–Trinajstić information content (AvgIpc) is 2.42. The second kappa shape index (κ2) is 9.07. The van der Waals surface area contributed by atoms with Crippen molar-refractivity contribution in [3.8, 4) is 0 Å². The van der Waals surface area contributed by atoms with E-state index in [1.165, 1.54) is 10.8 Å². The molecule has 106 valence electrons. The summed E-state index contributed by atoms with van der Waals surface area (Å²) in [6.07, 6.45) is 2.07. The van der Waals surface area contributed by atoms with Crippen LogP contribution in [0.5, 0.6) is 0 Å². The Morgan fingerprint density at radius 1 is 1.11 bits per heavy atom. The molecule has 0 saturated heterocycles. The molecule has 0 saturated carbocycles. The van der Waals surface area contributed by atoms with Crippen molar-refractivity contribution in [2.75, 3.05) is 13.2 Å². The van der Waals surface area contributed by atoms with Gasteiger partial charge in [0, 0.05) is 13.2 Å². The van der Waals surface area contributed by atoms with Gasteiger partial charge < -0.3 is 9.47 Å². The van der Waals surface area contributed by atoms with Gasteiger partial charge in [-0.25, -0.2) is 0 Å². The summed E-state index contributed by atoms with van der Waals surface area (Å²) < 4.78 is 11.6. The molecule has 19 heavy (non-hydrogen) atoms. The molecule has 0 aliphatic rings. The second-order valence-corrected chi connectivity index (χ2v) is 6.74. The number of rotatable bonds is 9. The first-order chi connectivity index (χ1) is 9.17. The first-order valence-electron chi connectivity index (χ1n) is 7.15. The zero-order valence-electron chi connectivity index (χ0n) is 12.4. The van der Waals surface area contributed by atoms with E-state index in [9.17, 15) is 0 Å². The molecule has 0 heterocycles. The highest BCUT2D eigenvalue weighted by Crippen LogP contribution is 2.08. The van der Waals surface area contributed by atoms with Crippen molar-refractivity contribution >= 4 is 20.3 Å². The third-order valence-corrected chi connectivity index (χ3v) is 4.61. The number of hydrogen-bond donors (Lipinski definition) is 0. The molecule has 1 aromatic carbocycles. The molecule has 1 aromatic rings. The molecule has 0 aromatic heterocycles. The zero-order chi connectivity index (χ0) is 14.1. The van der Waals surface area contributed by atoms with Crippen LogP contribution in [0.1, 0.15) is 39.2 Å². The van der Waals surface area contributed by atoms with E-state index in [-0.39, 0.29) is 5.91 Å². The molecule has 0 N–H and O–H groups in total. The highest BCUT2D eigenvalue weighted by Gasteiger charge is 2.10. The van der Waals surface area contributed by atoms with Gasteiger partial charge in [0.25, 0.3) is 0 Å². The van der Waals surface area contributed by atoms with Crippen molar-refractivity contribution in [3.63, 3.8) is 0 Å². The molecular weight excluding hydrogens is 252 g/mol. The molecule has 0 bridgehead atoms. The number of allylic oxidation sites excluding steroid dienone is 1. The molecule has 1 rings (SSSR count). The van der Waals surface area contributed by atoms with E-state index in [0.29, 0.717) is 0 Å². The van der Waals surface area contributed by atoms with Gasteiger partial charge in [0.2, 0.25) is 0 Å². The maximum atomic E-state index is 5.80. The first-order valence-corrected chi connectivity index (χ1v) is 8.67. The molecule has 0 unspecified atom stereocenters. The average molecular weight is 278 g/mol. The Hall–Kier alpha value is -0.903. The summed E-state index contributed by atoms with van der Waals surface area (Å²) in [4.78, 5) is 0. The number of hydrogen-bond acceptors (Lipinski definition) is 2. The summed E-state index contributed by atoms with van der Waals surface area (Å²) >= 11 is 0. The van der Waals surface area contributed by atoms with Gasteiger partial charge in [0.15, 0.2) is 0 Å². The molecule has 0 spiro atoms. The minimum absolute atomic E-state index is 0.00979. The molecule has 0 aliphatic carbocycles. The van der Waals surface area contributed by atoms with Crippen molar-refractivity contribution in [3.05, 3.63) is 36.4 Å². The van der Waals surface area contributed by atoms with Crippen LogP contribution in [0.3, 0.4) is 0 Å². The van der Waals surface area contributed by atoms with Gasteiger partial charge in [-0.1, -0.05) is 55.5 Å². The lowest BCUT2D eigenvalue weighted by Crippen LogP contribution is -2.33. The predicted molar refractivity (Wildman–Crippen MR) is 85.6 cm³/mol. The quantitative estimate of drug-likeness (QED) is 0.511. The smallest absolute Gasteiger partial charge is 0.139 e. The fourth-order valence-electron chi connectivity index (χ4n) is 1.78. The topological polar surface area (TPSA) is 18.5 Å². The molecule has 0 fully saturated rings. The minimum atomic E-state index is -0.553. The summed E-state index contributed by atoms with van der Waals surface area (Å²) in [5.74, 6) is 0.00979. The largest absolute Gasteiger partial charge is 0.357 e. The van der Waals surface area contributed by atoms with Crippen LogP contribution in [0.2, 0.25) is 0 Å². The van der Waals surface area contributed by atoms with Crippen molar-refractivity contribution in [1.82, 2.24) is 0 Å². The van der Waals surface area contributed by atoms with E-state index < -0.39 is 9.52 Å². The second-order valence-electron chi connectivity index (χ2n) is 4.85. The fourth-order valence-corrected chi connectivity index (χ4v) is 3.24. The summed E-state index contributed by atoms with van der Waals surface area (Å²) in [6.45, 7) is 11.8. The van der Waals surface area contributed by atoms with E-state index in [2.05, 4.69) is 44.7 Å². The maximum absolute atomic E-state index is 5.80. The van der Waals surface area contributed by atoms with Crippen LogP contribution in [0.15, 0.2) is 30.8 Å². The maximum Gasteiger partial charge on any atom is 0.139 e. The van der Waals surface area contributed by atoms with Crippen molar-refractivity contribution < 1.29 is 9.47 Å². The molecule has 0 atom stereocenters. The number of benzene rings is 1. The van der Waals surface area contributed by atoms with E-state index in [1.54, 1.807) is 0 Å². The fraction of sp³-hybridized carbons (Fsp3) is 0.500. The Morgan fingerprint density at radius 3 is 2.05 bits per heavy atom.